The maximum absolute atomic E-state index is 14.0. The summed E-state index contributed by atoms with van der Waals surface area (Å²) in [7, 11) is 0. The van der Waals surface area contributed by atoms with Gasteiger partial charge in [-0.05, 0) is 26.3 Å². The average molecular weight is 271 g/mol. The molecule has 0 bridgehead atoms. The van der Waals surface area contributed by atoms with Crippen LogP contribution in [0.2, 0.25) is 0 Å². The summed E-state index contributed by atoms with van der Waals surface area (Å²) in [4.78, 5) is 22.4. The fourth-order valence-corrected chi connectivity index (χ4v) is 1.73. The van der Waals surface area contributed by atoms with Gasteiger partial charge in [-0.2, -0.15) is 0 Å². The molecule has 1 rings (SSSR count). The first-order chi connectivity index (χ1) is 8.88. The van der Waals surface area contributed by atoms with Gasteiger partial charge in [-0.15, -0.1) is 0 Å². The van der Waals surface area contributed by atoms with Crippen LogP contribution in [0.1, 0.15) is 36.2 Å². The predicted octanol–water partition coefficient (Wildman–Crippen LogP) is 2.25. The maximum Gasteiger partial charge on any atom is 0.306 e. The molecule has 104 valence electrons. The molecular formula is C13H15F2NO3. The van der Waals surface area contributed by atoms with Crippen LogP contribution in [0.3, 0.4) is 0 Å². The molecule has 4 nitrogen and oxygen atoms in total. The normalized spacial score (nSPS) is 10.3. The molecule has 0 amide bonds. The van der Waals surface area contributed by atoms with Crippen molar-refractivity contribution in [2.45, 2.75) is 26.7 Å². The lowest BCUT2D eigenvalue weighted by atomic mass is 10.0. The van der Waals surface area contributed by atoms with Crippen molar-refractivity contribution >= 4 is 17.4 Å². The maximum atomic E-state index is 14.0. The third-order valence-electron chi connectivity index (χ3n) is 2.58. The van der Waals surface area contributed by atoms with Crippen molar-refractivity contribution in [2.24, 2.45) is 0 Å². The molecule has 0 fully saturated rings. The molecule has 0 saturated carbocycles. The third-order valence-corrected chi connectivity index (χ3v) is 2.58. The smallest absolute Gasteiger partial charge is 0.306 e. The second-order valence-corrected chi connectivity index (χ2v) is 3.98. The van der Waals surface area contributed by atoms with Crippen LogP contribution in [-0.4, -0.2) is 18.4 Å². The lowest BCUT2D eigenvalue weighted by Crippen LogP contribution is -2.11. The zero-order valence-electron chi connectivity index (χ0n) is 10.8. The number of carbonyl (C=O) groups is 2. The summed E-state index contributed by atoms with van der Waals surface area (Å²) >= 11 is 0. The van der Waals surface area contributed by atoms with Gasteiger partial charge in [0.2, 0.25) is 0 Å². The van der Waals surface area contributed by atoms with Crippen molar-refractivity contribution < 1.29 is 23.1 Å². The van der Waals surface area contributed by atoms with E-state index >= 15 is 0 Å². The van der Waals surface area contributed by atoms with Gasteiger partial charge in [0.15, 0.2) is 5.78 Å². The van der Waals surface area contributed by atoms with E-state index in [1.165, 1.54) is 0 Å². The topological polar surface area (TPSA) is 69.4 Å². The Bertz CT molecular complexity index is 515. The molecule has 6 heteroatoms. The van der Waals surface area contributed by atoms with Crippen LogP contribution >= 0.6 is 0 Å². The third kappa shape index (κ3) is 3.49. The van der Waals surface area contributed by atoms with Crippen LogP contribution < -0.4 is 5.73 Å². The zero-order chi connectivity index (χ0) is 14.6. The highest BCUT2D eigenvalue weighted by Crippen LogP contribution is 2.24. The molecule has 0 aromatic heterocycles. The Labute approximate surface area is 109 Å². The number of Topliss-reactive ketones (excluding diaryl/α,β-unsaturated/α-hetero) is 1. The summed E-state index contributed by atoms with van der Waals surface area (Å²) in [5.41, 5.74) is 4.48. The highest BCUT2D eigenvalue weighted by molar-refractivity contribution is 5.99. The molecule has 0 atom stereocenters. The fourth-order valence-electron chi connectivity index (χ4n) is 1.73. The lowest BCUT2D eigenvalue weighted by molar-refractivity contribution is -0.143. The Kier molecular flexibility index (Phi) is 4.97. The van der Waals surface area contributed by atoms with Crippen LogP contribution in [0.4, 0.5) is 14.5 Å². The van der Waals surface area contributed by atoms with Gasteiger partial charge < -0.3 is 10.5 Å². The SMILES string of the molecule is CCOC(=O)CCc1c(F)cc(N)c(C(C)=O)c1F. The van der Waals surface area contributed by atoms with Gasteiger partial charge in [-0.25, -0.2) is 8.78 Å². The Balaban J connectivity index is 3.04. The van der Waals surface area contributed by atoms with Crippen LogP contribution in [0.15, 0.2) is 6.07 Å². The number of nitrogens with two attached hydrogens (primary N) is 1. The van der Waals surface area contributed by atoms with E-state index in [-0.39, 0.29) is 36.3 Å². The fraction of sp³-hybridized carbons (Fsp3) is 0.385. The van der Waals surface area contributed by atoms with Crippen molar-refractivity contribution in [2.75, 3.05) is 12.3 Å². The number of hydrogen-bond donors (Lipinski definition) is 1. The van der Waals surface area contributed by atoms with Gasteiger partial charge in [0.1, 0.15) is 11.6 Å². The summed E-state index contributed by atoms with van der Waals surface area (Å²) < 4.78 is 32.3. The molecule has 2 N–H and O–H groups in total. The average Bonchev–Trinajstić information content (AvgIpc) is 2.27. The Morgan fingerprint density at radius 1 is 1.37 bits per heavy atom. The van der Waals surface area contributed by atoms with Crippen molar-refractivity contribution in [3.63, 3.8) is 0 Å². The van der Waals surface area contributed by atoms with Crippen molar-refractivity contribution in [3.8, 4) is 0 Å². The van der Waals surface area contributed by atoms with Gasteiger partial charge >= 0.3 is 5.97 Å². The van der Waals surface area contributed by atoms with Gasteiger partial charge in [0.25, 0.3) is 0 Å². The van der Waals surface area contributed by atoms with Crippen molar-refractivity contribution in [1.82, 2.24) is 0 Å². The van der Waals surface area contributed by atoms with Crippen LogP contribution in [0, 0.1) is 11.6 Å². The van der Waals surface area contributed by atoms with Gasteiger partial charge in [-0.3, -0.25) is 9.59 Å². The Hall–Kier alpha value is -1.98. The van der Waals surface area contributed by atoms with E-state index in [1.54, 1.807) is 6.92 Å². The standard InChI is InChI=1S/C13H15F2NO3/c1-3-19-11(18)5-4-8-9(14)6-10(16)12(7(2)17)13(8)15/h6H,3-5,16H2,1-2H3. The molecule has 0 saturated heterocycles. The molecule has 19 heavy (non-hydrogen) atoms. The number of halogens is 2. The molecule has 0 aliphatic heterocycles. The molecule has 0 aliphatic rings. The van der Waals surface area contributed by atoms with E-state index in [9.17, 15) is 18.4 Å². The number of benzene rings is 1. The minimum Gasteiger partial charge on any atom is -0.466 e. The number of ether oxygens (including phenoxy) is 1. The second kappa shape index (κ2) is 6.26. The molecule has 0 spiro atoms. The monoisotopic (exact) mass is 271 g/mol. The molecule has 0 heterocycles. The van der Waals surface area contributed by atoms with Crippen LogP contribution in [0.5, 0.6) is 0 Å². The number of ketones is 1. The summed E-state index contributed by atoms with van der Waals surface area (Å²) in [6.45, 7) is 2.97. The summed E-state index contributed by atoms with van der Waals surface area (Å²) in [5, 5.41) is 0. The van der Waals surface area contributed by atoms with Crippen molar-refractivity contribution in [3.05, 3.63) is 28.8 Å². The molecule has 1 aromatic carbocycles. The Morgan fingerprint density at radius 2 is 2.00 bits per heavy atom. The molecule has 0 unspecified atom stereocenters. The largest absolute Gasteiger partial charge is 0.466 e. The van der Waals surface area contributed by atoms with Gasteiger partial charge in [0, 0.05) is 17.7 Å². The van der Waals surface area contributed by atoms with E-state index in [0.29, 0.717) is 0 Å². The first-order valence-electron chi connectivity index (χ1n) is 5.81. The number of hydrogen-bond acceptors (Lipinski definition) is 4. The zero-order valence-corrected chi connectivity index (χ0v) is 10.8. The predicted molar refractivity (Wildman–Crippen MR) is 65.7 cm³/mol. The van der Waals surface area contributed by atoms with E-state index in [0.717, 1.165) is 13.0 Å². The first-order valence-corrected chi connectivity index (χ1v) is 5.81. The van der Waals surface area contributed by atoms with Crippen LogP contribution in [0.25, 0.3) is 0 Å². The Morgan fingerprint density at radius 3 is 2.53 bits per heavy atom. The van der Waals surface area contributed by atoms with Crippen LogP contribution in [-0.2, 0) is 16.0 Å². The van der Waals surface area contributed by atoms with E-state index < -0.39 is 23.4 Å². The molecule has 1 aromatic rings. The van der Waals surface area contributed by atoms with Crippen molar-refractivity contribution in [1.29, 1.82) is 0 Å². The van der Waals surface area contributed by atoms with Gasteiger partial charge in [0.05, 0.1) is 12.2 Å². The molecule has 0 radical (unpaired) electrons. The number of anilines is 1. The highest BCUT2D eigenvalue weighted by Gasteiger charge is 2.20. The van der Waals surface area contributed by atoms with E-state index in [4.69, 9.17) is 5.73 Å². The number of nitrogen functional groups attached to an aromatic ring is 1. The number of carbonyl (C=O) groups excluding carboxylic acids is 2. The number of rotatable bonds is 5. The second-order valence-electron chi connectivity index (χ2n) is 3.98. The molecular weight excluding hydrogens is 256 g/mol. The summed E-state index contributed by atoms with van der Waals surface area (Å²) in [5.74, 6) is -3.02. The number of esters is 1. The summed E-state index contributed by atoms with van der Waals surface area (Å²) in [6, 6.07) is 0.889. The minimum atomic E-state index is -1.01. The van der Waals surface area contributed by atoms with E-state index in [1.807, 2.05) is 0 Å². The highest BCUT2D eigenvalue weighted by atomic mass is 19.1. The quantitative estimate of drug-likeness (QED) is 0.506. The lowest BCUT2D eigenvalue weighted by Gasteiger charge is -2.10. The minimum absolute atomic E-state index is 0.164. The van der Waals surface area contributed by atoms with Gasteiger partial charge in [-0.1, -0.05) is 0 Å². The molecule has 0 aliphatic carbocycles. The first kappa shape index (κ1) is 15.1. The van der Waals surface area contributed by atoms with E-state index in [2.05, 4.69) is 4.74 Å². The summed E-state index contributed by atoms with van der Waals surface area (Å²) in [6.07, 6.45) is -0.347.